The van der Waals surface area contributed by atoms with Gasteiger partial charge in [0.1, 0.15) is 18.0 Å². The molecule has 0 saturated heterocycles. The molecule has 1 N–H and O–H groups in total. The van der Waals surface area contributed by atoms with Crippen LogP contribution in [-0.4, -0.2) is 18.1 Å². The van der Waals surface area contributed by atoms with Gasteiger partial charge in [-0.05, 0) is 23.3 Å². The highest BCUT2D eigenvalue weighted by Crippen LogP contribution is 2.23. The van der Waals surface area contributed by atoms with Crippen LogP contribution in [0.25, 0.3) is 11.1 Å². The van der Waals surface area contributed by atoms with Gasteiger partial charge in [0, 0.05) is 6.42 Å². The van der Waals surface area contributed by atoms with E-state index < -0.39 is 4.92 Å². The van der Waals surface area contributed by atoms with Gasteiger partial charge in [-0.25, -0.2) is 4.73 Å². The van der Waals surface area contributed by atoms with E-state index in [2.05, 4.69) is 5.32 Å². The van der Waals surface area contributed by atoms with E-state index in [0.29, 0.717) is 24.3 Å². The maximum atomic E-state index is 11.7. The normalized spacial score (nSPS) is 10.4. The highest BCUT2D eigenvalue weighted by Gasteiger charge is 2.12. The first-order valence-electron chi connectivity index (χ1n) is 8.53. The van der Waals surface area contributed by atoms with Crippen molar-refractivity contribution in [2.45, 2.75) is 6.42 Å². The zero-order valence-corrected chi connectivity index (χ0v) is 14.6. The molecule has 0 spiro atoms. The molecule has 0 atom stereocenters. The molecule has 138 valence electrons. The van der Waals surface area contributed by atoms with E-state index in [1.165, 1.54) is 12.1 Å². The van der Waals surface area contributed by atoms with Crippen LogP contribution in [0.3, 0.4) is 0 Å². The third-order valence-electron chi connectivity index (χ3n) is 3.95. The predicted molar refractivity (Wildman–Crippen MR) is 103 cm³/mol. The molecule has 27 heavy (non-hydrogen) atoms. The van der Waals surface area contributed by atoms with Gasteiger partial charge < -0.3 is 9.94 Å². The molecule has 0 amide bonds. The minimum Gasteiger partial charge on any atom is -0.711 e. The van der Waals surface area contributed by atoms with Gasteiger partial charge in [-0.2, -0.15) is 0 Å². The van der Waals surface area contributed by atoms with E-state index in [4.69, 9.17) is 4.74 Å². The van der Waals surface area contributed by atoms with Gasteiger partial charge in [-0.1, -0.05) is 42.5 Å². The van der Waals surface area contributed by atoms with E-state index in [-0.39, 0.29) is 11.5 Å². The largest absolute Gasteiger partial charge is 0.711 e. The zero-order chi connectivity index (χ0) is 19.1. The molecule has 3 rings (SSSR count). The summed E-state index contributed by atoms with van der Waals surface area (Å²) in [6.07, 6.45) is 1.75. The number of nitro groups is 1. The Labute approximate surface area is 156 Å². The van der Waals surface area contributed by atoms with Gasteiger partial charge in [-0.15, -0.1) is 0 Å². The quantitative estimate of drug-likeness (QED) is 0.216. The number of pyridine rings is 1. The van der Waals surface area contributed by atoms with Gasteiger partial charge in [0.15, 0.2) is 0 Å². The van der Waals surface area contributed by atoms with Crippen molar-refractivity contribution < 1.29 is 14.4 Å². The average Bonchev–Trinajstić information content (AvgIpc) is 2.70. The number of nitrogens with one attached hydrogen (secondary N) is 1. The van der Waals surface area contributed by atoms with Crippen molar-refractivity contribution in [1.82, 2.24) is 0 Å². The molecule has 0 saturated carbocycles. The van der Waals surface area contributed by atoms with Crippen LogP contribution in [0.2, 0.25) is 0 Å². The van der Waals surface area contributed by atoms with E-state index in [9.17, 15) is 15.3 Å². The third kappa shape index (κ3) is 4.94. The lowest BCUT2D eigenvalue weighted by Gasteiger charge is -2.10. The molecular formula is C20H19N3O4. The molecule has 7 nitrogen and oxygen atoms in total. The summed E-state index contributed by atoms with van der Waals surface area (Å²) in [6, 6.07) is 20.3. The first kappa shape index (κ1) is 18.2. The van der Waals surface area contributed by atoms with Crippen LogP contribution >= 0.6 is 0 Å². The van der Waals surface area contributed by atoms with E-state index in [1.54, 1.807) is 0 Å². The Morgan fingerprint density at radius 1 is 1.00 bits per heavy atom. The van der Waals surface area contributed by atoms with Crippen molar-refractivity contribution in [3.8, 4) is 16.9 Å². The van der Waals surface area contributed by atoms with Gasteiger partial charge in [0.25, 0.3) is 11.5 Å². The highest BCUT2D eigenvalue weighted by atomic mass is 16.6. The molecule has 0 radical (unpaired) electrons. The molecule has 3 aromatic rings. The lowest BCUT2D eigenvalue weighted by molar-refractivity contribution is -0.591. The second-order valence-electron chi connectivity index (χ2n) is 5.88. The molecule has 0 bridgehead atoms. The number of ether oxygens (including phenoxy) is 1. The SMILES string of the molecule is O=[N+]([O-])c1cc[n+]([O-])c(NCCCOc2cccc(-c3ccccc3)c2)c1. The molecule has 1 aromatic heterocycles. The maximum absolute atomic E-state index is 11.7. The molecule has 0 unspecified atom stereocenters. The molecule has 0 aliphatic carbocycles. The first-order chi connectivity index (χ1) is 13.1. The number of benzene rings is 2. The summed E-state index contributed by atoms with van der Waals surface area (Å²) in [5, 5.41) is 25.3. The number of rotatable bonds is 8. The number of anilines is 1. The fourth-order valence-corrected chi connectivity index (χ4v) is 2.59. The molecular weight excluding hydrogens is 346 g/mol. The number of hydrogen-bond acceptors (Lipinski definition) is 5. The summed E-state index contributed by atoms with van der Waals surface area (Å²) < 4.78 is 6.33. The van der Waals surface area contributed by atoms with Crippen molar-refractivity contribution in [2.24, 2.45) is 0 Å². The minimum absolute atomic E-state index is 0.126. The fourth-order valence-electron chi connectivity index (χ4n) is 2.59. The van der Waals surface area contributed by atoms with Crippen LogP contribution < -0.4 is 14.8 Å². The molecule has 0 aliphatic heterocycles. The topological polar surface area (TPSA) is 91.3 Å². The first-order valence-corrected chi connectivity index (χ1v) is 8.53. The monoisotopic (exact) mass is 365 g/mol. The van der Waals surface area contributed by atoms with Crippen molar-refractivity contribution in [2.75, 3.05) is 18.5 Å². The van der Waals surface area contributed by atoms with Crippen molar-refractivity contribution in [3.63, 3.8) is 0 Å². The lowest BCUT2D eigenvalue weighted by atomic mass is 10.1. The Balaban J connectivity index is 1.50. The van der Waals surface area contributed by atoms with E-state index in [1.807, 2.05) is 54.6 Å². The summed E-state index contributed by atoms with van der Waals surface area (Å²) in [4.78, 5) is 10.2. The summed E-state index contributed by atoms with van der Waals surface area (Å²) in [5.41, 5.74) is 2.07. The zero-order valence-electron chi connectivity index (χ0n) is 14.6. The highest BCUT2D eigenvalue weighted by molar-refractivity contribution is 5.64. The van der Waals surface area contributed by atoms with Gasteiger partial charge in [0.2, 0.25) is 0 Å². The van der Waals surface area contributed by atoms with Gasteiger partial charge in [-0.3, -0.25) is 15.4 Å². The number of hydrogen-bond donors (Lipinski definition) is 1. The Morgan fingerprint density at radius 2 is 1.78 bits per heavy atom. The van der Waals surface area contributed by atoms with Crippen LogP contribution in [0.1, 0.15) is 6.42 Å². The summed E-state index contributed by atoms with van der Waals surface area (Å²) in [6.45, 7) is 0.917. The van der Waals surface area contributed by atoms with Crippen molar-refractivity contribution in [1.29, 1.82) is 0 Å². The van der Waals surface area contributed by atoms with Crippen molar-refractivity contribution >= 4 is 11.5 Å². The number of nitrogens with zero attached hydrogens (tertiary/aromatic N) is 2. The fraction of sp³-hybridized carbons (Fsp3) is 0.150. The second-order valence-corrected chi connectivity index (χ2v) is 5.88. The Hall–Kier alpha value is -3.61. The van der Waals surface area contributed by atoms with Crippen LogP contribution in [0, 0.1) is 15.3 Å². The van der Waals surface area contributed by atoms with Crippen LogP contribution in [0.4, 0.5) is 11.5 Å². The second kappa shape index (κ2) is 8.66. The minimum atomic E-state index is -0.534. The third-order valence-corrected chi connectivity index (χ3v) is 3.95. The Bertz CT molecular complexity index is 916. The molecule has 1 heterocycles. The summed E-state index contributed by atoms with van der Waals surface area (Å²) in [5.74, 6) is 0.917. The van der Waals surface area contributed by atoms with Crippen LogP contribution in [0.5, 0.6) is 5.75 Å². The molecule has 7 heteroatoms. The predicted octanol–water partition coefficient (Wildman–Crippen LogP) is 3.78. The average molecular weight is 365 g/mol. The summed E-state index contributed by atoms with van der Waals surface area (Å²) >= 11 is 0. The molecule has 2 aromatic carbocycles. The molecule has 0 fully saturated rings. The molecule has 0 aliphatic rings. The van der Waals surface area contributed by atoms with Crippen LogP contribution in [0.15, 0.2) is 72.9 Å². The smallest absolute Gasteiger partial charge is 0.284 e. The van der Waals surface area contributed by atoms with Crippen molar-refractivity contribution in [3.05, 3.63) is 88.2 Å². The van der Waals surface area contributed by atoms with E-state index in [0.717, 1.165) is 23.1 Å². The Kier molecular flexibility index (Phi) is 5.84. The van der Waals surface area contributed by atoms with Gasteiger partial charge >= 0.3 is 0 Å². The summed E-state index contributed by atoms with van der Waals surface area (Å²) in [7, 11) is 0. The van der Waals surface area contributed by atoms with E-state index >= 15 is 0 Å². The number of aromatic nitrogens is 1. The Morgan fingerprint density at radius 3 is 2.56 bits per heavy atom. The standard InChI is InChI=1S/C20H19N3O4/c24-22-12-10-18(23(25)26)15-20(22)21-11-5-13-27-19-9-4-8-17(14-19)16-6-2-1-3-7-16/h1-4,6-10,12,14-15,21H,5,11,13H2. The van der Waals surface area contributed by atoms with Crippen LogP contribution in [-0.2, 0) is 0 Å². The van der Waals surface area contributed by atoms with Gasteiger partial charge in [0.05, 0.1) is 24.1 Å². The lowest BCUT2D eigenvalue weighted by Crippen LogP contribution is -2.30. The maximum Gasteiger partial charge on any atom is 0.284 e.